The van der Waals surface area contributed by atoms with Gasteiger partial charge in [0.25, 0.3) is 0 Å². The van der Waals surface area contributed by atoms with Gasteiger partial charge in [-0.2, -0.15) is 0 Å². The van der Waals surface area contributed by atoms with E-state index >= 15 is 0 Å². The zero-order valence-electron chi connectivity index (χ0n) is 13.8. The molecule has 4 nitrogen and oxygen atoms in total. The number of guanidine groups is 1. The molecule has 3 aliphatic carbocycles. The first kappa shape index (κ1) is 15.5. The van der Waals surface area contributed by atoms with Crippen molar-refractivity contribution in [2.45, 2.75) is 27.2 Å². The molecule has 1 fully saturated rings. The fraction of sp³-hybridized carbons (Fsp3) is 0.368. The van der Waals surface area contributed by atoms with Crippen LogP contribution in [0, 0.1) is 17.3 Å². The van der Waals surface area contributed by atoms with Crippen LogP contribution in [-0.4, -0.2) is 11.9 Å². The van der Waals surface area contributed by atoms with Gasteiger partial charge in [-0.15, -0.1) is 0 Å². The number of carbonyl (C=O) groups excluding carboxylic acids is 1. The van der Waals surface area contributed by atoms with Gasteiger partial charge in [0.1, 0.15) is 0 Å². The fourth-order valence-corrected chi connectivity index (χ4v) is 3.41. The highest BCUT2D eigenvalue weighted by molar-refractivity contribution is 5.95. The van der Waals surface area contributed by atoms with Crippen LogP contribution in [0.2, 0.25) is 0 Å². The summed E-state index contributed by atoms with van der Waals surface area (Å²) in [5.74, 6) is 0.737. The summed E-state index contributed by atoms with van der Waals surface area (Å²) in [6, 6.07) is 0. The van der Waals surface area contributed by atoms with Crippen LogP contribution in [0.25, 0.3) is 0 Å². The van der Waals surface area contributed by atoms with Crippen LogP contribution >= 0.6 is 0 Å². The molecule has 0 aromatic carbocycles. The Morgan fingerprint density at radius 3 is 2.91 bits per heavy atom. The average Bonchev–Trinajstić information content (AvgIpc) is 3.20. The Morgan fingerprint density at radius 2 is 2.22 bits per heavy atom. The Bertz CT molecular complexity index is 719. The van der Waals surface area contributed by atoms with E-state index in [2.05, 4.69) is 66.7 Å². The third-order valence-electron chi connectivity index (χ3n) is 4.66. The Balaban J connectivity index is 1.93. The van der Waals surface area contributed by atoms with E-state index < -0.39 is 0 Å². The normalized spacial score (nSPS) is 28.8. The summed E-state index contributed by atoms with van der Waals surface area (Å²) in [4.78, 5) is 15.5. The SMILES string of the molecule is CC(=O)NC(N)=N/C(=C/C1=CC=CC2=CC=CC3CC213)C(C)C. The maximum absolute atomic E-state index is 11.1. The van der Waals surface area contributed by atoms with Crippen molar-refractivity contribution in [2.75, 3.05) is 0 Å². The Labute approximate surface area is 137 Å². The second-order valence-electron chi connectivity index (χ2n) is 6.67. The van der Waals surface area contributed by atoms with Gasteiger partial charge in [-0.3, -0.25) is 10.1 Å². The van der Waals surface area contributed by atoms with Crippen molar-refractivity contribution >= 4 is 11.9 Å². The lowest BCUT2D eigenvalue weighted by Gasteiger charge is -2.25. The largest absolute Gasteiger partial charge is 0.369 e. The lowest BCUT2D eigenvalue weighted by Crippen LogP contribution is -2.35. The van der Waals surface area contributed by atoms with Crippen LogP contribution in [0.3, 0.4) is 0 Å². The van der Waals surface area contributed by atoms with Crippen molar-refractivity contribution in [2.24, 2.45) is 28.0 Å². The number of rotatable bonds is 3. The highest BCUT2D eigenvalue weighted by atomic mass is 16.1. The van der Waals surface area contributed by atoms with E-state index in [0.717, 1.165) is 12.1 Å². The van der Waals surface area contributed by atoms with Crippen LogP contribution < -0.4 is 11.1 Å². The summed E-state index contributed by atoms with van der Waals surface area (Å²) in [6.45, 7) is 5.58. The topological polar surface area (TPSA) is 67.5 Å². The Hall–Kier alpha value is -2.36. The molecule has 0 aromatic rings. The van der Waals surface area contributed by atoms with Crippen LogP contribution in [0.5, 0.6) is 0 Å². The van der Waals surface area contributed by atoms with E-state index in [9.17, 15) is 4.79 Å². The van der Waals surface area contributed by atoms with Gasteiger partial charge in [-0.05, 0) is 35.5 Å². The van der Waals surface area contributed by atoms with Gasteiger partial charge in [0.05, 0.1) is 0 Å². The molecule has 4 heteroatoms. The first-order valence-corrected chi connectivity index (χ1v) is 8.04. The van der Waals surface area contributed by atoms with Crippen molar-refractivity contribution in [3.63, 3.8) is 0 Å². The molecule has 3 rings (SSSR count). The molecule has 1 amide bonds. The maximum Gasteiger partial charge on any atom is 0.223 e. The Morgan fingerprint density at radius 1 is 1.43 bits per heavy atom. The summed E-state index contributed by atoms with van der Waals surface area (Å²) in [5.41, 5.74) is 9.48. The fourth-order valence-electron chi connectivity index (χ4n) is 3.41. The molecule has 2 atom stereocenters. The first-order valence-electron chi connectivity index (χ1n) is 8.04. The molecule has 1 spiro atoms. The molecule has 0 aromatic heterocycles. The summed E-state index contributed by atoms with van der Waals surface area (Å²) >= 11 is 0. The van der Waals surface area contributed by atoms with E-state index in [1.54, 1.807) is 0 Å². The maximum atomic E-state index is 11.1. The lowest BCUT2D eigenvalue weighted by molar-refractivity contribution is -0.117. The Kier molecular flexibility index (Phi) is 3.84. The number of nitrogens with two attached hydrogens (primary N) is 1. The number of nitrogens with one attached hydrogen (secondary N) is 1. The van der Waals surface area contributed by atoms with Crippen LogP contribution in [0.4, 0.5) is 0 Å². The second-order valence-corrected chi connectivity index (χ2v) is 6.67. The van der Waals surface area contributed by atoms with E-state index in [-0.39, 0.29) is 23.2 Å². The molecular formula is C19H23N3O. The minimum absolute atomic E-state index is 0.127. The van der Waals surface area contributed by atoms with Crippen molar-refractivity contribution in [1.82, 2.24) is 5.32 Å². The number of nitrogens with zero attached hydrogens (tertiary/aromatic N) is 1. The zero-order valence-corrected chi connectivity index (χ0v) is 13.8. The molecule has 3 N–H and O–H groups in total. The third-order valence-corrected chi connectivity index (χ3v) is 4.66. The monoisotopic (exact) mass is 309 g/mol. The number of amides is 1. The van der Waals surface area contributed by atoms with Gasteiger partial charge in [0.15, 0.2) is 5.96 Å². The predicted octanol–water partition coefficient (Wildman–Crippen LogP) is 2.98. The van der Waals surface area contributed by atoms with Crippen LogP contribution in [0.15, 0.2) is 64.4 Å². The minimum Gasteiger partial charge on any atom is -0.369 e. The van der Waals surface area contributed by atoms with Crippen LogP contribution in [-0.2, 0) is 4.79 Å². The van der Waals surface area contributed by atoms with Gasteiger partial charge in [0.2, 0.25) is 5.91 Å². The molecule has 0 saturated heterocycles. The summed E-state index contributed by atoms with van der Waals surface area (Å²) in [6.07, 6.45) is 16.4. The number of hydrogen-bond acceptors (Lipinski definition) is 2. The number of carbonyl (C=O) groups is 1. The lowest BCUT2D eigenvalue weighted by atomic mass is 9.79. The van der Waals surface area contributed by atoms with Gasteiger partial charge >= 0.3 is 0 Å². The van der Waals surface area contributed by atoms with Crippen molar-refractivity contribution in [3.8, 4) is 0 Å². The first-order chi connectivity index (χ1) is 10.9. The highest BCUT2D eigenvalue weighted by Crippen LogP contribution is 2.66. The standard InChI is InChI=1S/C19H23N3O/c1-12(2)17(22-18(20)21-13(3)23)10-15-8-4-6-14-7-5-9-16-11-19(14,15)16/h4-10,12,16H,11H2,1-3H3,(H3,20,21,22,23)/b17-10+. The van der Waals surface area contributed by atoms with Gasteiger partial charge in [-0.1, -0.05) is 50.3 Å². The molecule has 1 saturated carbocycles. The third kappa shape index (κ3) is 2.81. The van der Waals surface area contributed by atoms with E-state index in [1.165, 1.54) is 18.1 Å². The highest BCUT2D eigenvalue weighted by Gasteiger charge is 2.57. The molecule has 120 valence electrons. The molecular weight excluding hydrogens is 286 g/mol. The molecule has 0 heterocycles. The summed E-state index contributed by atoms with van der Waals surface area (Å²) in [7, 11) is 0. The number of hydrogen-bond donors (Lipinski definition) is 2. The van der Waals surface area contributed by atoms with Gasteiger partial charge in [-0.25, -0.2) is 4.99 Å². The molecule has 0 aliphatic heterocycles. The van der Waals surface area contributed by atoms with Gasteiger partial charge < -0.3 is 5.73 Å². The van der Waals surface area contributed by atoms with Crippen molar-refractivity contribution < 1.29 is 4.79 Å². The summed E-state index contributed by atoms with van der Waals surface area (Å²) in [5, 5.41) is 2.53. The molecule has 2 unspecified atom stereocenters. The number of aliphatic imine (C=N–C) groups is 1. The van der Waals surface area contributed by atoms with E-state index in [4.69, 9.17) is 5.73 Å². The second kappa shape index (κ2) is 5.69. The van der Waals surface area contributed by atoms with Crippen molar-refractivity contribution in [3.05, 3.63) is 59.4 Å². The van der Waals surface area contributed by atoms with E-state index in [0.29, 0.717) is 5.92 Å². The molecule has 0 bridgehead atoms. The van der Waals surface area contributed by atoms with E-state index in [1.807, 2.05) is 0 Å². The van der Waals surface area contributed by atoms with Gasteiger partial charge in [0, 0.05) is 18.0 Å². The predicted molar refractivity (Wildman–Crippen MR) is 93.3 cm³/mol. The quantitative estimate of drug-likeness (QED) is 0.621. The molecule has 23 heavy (non-hydrogen) atoms. The zero-order chi connectivity index (χ0) is 16.6. The molecule has 0 radical (unpaired) electrons. The summed E-state index contributed by atoms with van der Waals surface area (Å²) < 4.78 is 0. The van der Waals surface area contributed by atoms with Crippen molar-refractivity contribution in [1.29, 1.82) is 0 Å². The average molecular weight is 309 g/mol. The smallest absolute Gasteiger partial charge is 0.223 e. The molecule has 3 aliphatic rings. The van der Waals surface area contributed by atoms with Crippen LogP contribution in [0.1, 0.15) is 27.2 Å². The minimum atomic E-state index is -0.211. The number of allylic oxidation sites excluding steroid dienone is 10.